The highest BCUT2D eigenvalue weighted by Crippen LogP contribution is 2.34. The summed E-state index contributed by atoms with van der Waals surface area (Å²) in [5.74, 6) is 0. The Balaban J connectivity index is 1.95. The van der Waals surface area contributed by atoms with Crippen LogP contribution in [0, 0.1) is 0 Å². The standard InChI is InChI=1S/C21H20N2/c1-21(2,3)15-10-8-14(9-11-15)17-12-22-13-19-20(17)16-6-4-5-7-18(16)23-19/h4-13,23H,1-3H3. The van der Waals surface area contributed by atoms with E-state index in [1.165, 1.54) is 27.5 Å². The molecule has 0 spiro atoms. The number of fused-ring (bicyclic) bond motifs is 3. The number of pyridine rings is 1. The van der Waals surface area contributed by atoms with E-state index < -0.39 is 0 Å². The average Bonchev–Trinajstić information content (AvgIpc) is 2.93. The fourth-order valence-electron chi connectivity index (χ4n) is 3.17. The van der Waals surface area contributed by atoms with Crippen LogP contribution in [0.4, 0.5) is 0 Å². The molecule has 4 rings (SSSR count). The van der Waals surface area contributed by atoms with Crippen LogP contribution in [0.5, 0.6) is 0 Å². The molecule has 1 N–H and O–H groups in total. The Bertz CT molecular complexity index is 986. The molecular formula is C21H20N2. The van der Waals surface area contributed by atoms with E-state index in [0.29, 0.717) is 0 Å². The highest BCUT2D eigenvalue weighted by molar-refractivity contribution is 6.13. The van der Waals surface area contributed by atoms with Crippen molar-refractivity contribution in [3.63, 3.8) is 0 Å². The zero-order valence-electron chi connectivity index (χ0n) is 13.7. The molecule has 2 nitrogen and oxygen atoms in total. The van der Waals surface area contributed by atoms with Crippen LogP contribution in [0.3, 0.4) is 0 Å². The van der Waals surface area contributed by atoms with E-state index in [-0.39, 0.29) is 5.41 Å². The van der Waals surface area contributed by atoms with Gasteiger partial charge in [0.25, 0.3) is 0 Å². The summed E-state index contributed by atoms with van der Waals surface area (Å²) in [6, 6.07) is 17.3. The maximum Gasteiger partial charge on any atom is 0.0657 e. The molecule has 0 saturated carbocycles. The van der Waals surface area contributed by atoms with E-state index >= 15 is 0 Å². The predicted molar refractivity (Wildman–Crippen MR) is 97.7 cm³/mol. The minimum Gasteiger partial charge on any atom is -0.353 e. The Labute approximate surface area is 136 Å². The molecule has 23 heavy (non-hydrogen) atoms. The number of nitrogens with one attached hydrogen (secondary N) is 1. The van der Waals surface area contributed by atoms with E-state index in [1.54, 1.807) is 0 Å². The third kappa shape index (κ3) is 2.31. The minimum atomic E-state index is 0.170. The molecule has 0 radical (unpaired) electrons. The van der Waals surface area contributed by atoms with Gasteiger partial charge in [0.2, 0.25) is 0 Å². The number of H-pyrrole nitrogens is 1. The molecule has 0 unspecified atom stereocenters. The van der Waals surface area contributed by atoms with Crippen molar-refractivity contribution in [2.75, 3.05) is 0 Å². The van der Waals surface area contributed by atoms with Gasteiger partial charge in [-0.2, -0.15) is 0 Å². The third-order valence-corrected chi connectivity index (χ3v) is 4.47. The lowest BCUT2D eigenvalue weighted by atomic mass is 9.86. The Morgan fingerprint density at radius 1 is 0.826 bits per heavy atom. The van der Waals surface area contributed by atoms with Crippen molar-refractivity contribution in [2.45, 2.75) is 26.2 Å². The summed E-state index contributed by atoms with van der Waals surface area (Å²) >= 11 is 0. The molecule has 0 aliphatic heterocycles. The Morgan fingerprint density at radius 3 is 2.30 bits per heavy atom. The molecule has 0 bridgehead atoms. The van der Waals surface area contributed by atoms with Gasteiger partial charge in [-0.15, -0.1) is 0 Å². The Hall–Kier alpha value is -2.61. The van der Waals surface area contributed by atoms with Crippen LogP contribution in [0.15, 0.2) is 60.9 Å². The summed E-state index contributed by atoms with van der Waals surface area (Å²) in [7, 11) is 0. The van der Waals surface area contributed by atoms with Gasteiger partial charge < -0.3 is 4.98 Å². The molecule has 0 saturated heterocycles. The summed E-state index contributed by atoms with van der Waals surface area (Å²) in [5.41, 5.74) is 6.15. The summed E-state index contributed by atoms with van der Waals surface area (Å²) in [6.07, 6.45) is 3.87. The number of para-hydroxylation sites is 1. The summed E-state index contributed by atoms with van der Waals surface area (Å²) in [5, 5.41) is 2.50. The largest absolute Gasteiger partial charge is 0.353 e. The van der Waals surface area contributed by atoms with E-state index in [9.17, 15) is 0 Å². The number of aromatic nitrogens is 2. The Morgan fingerprint density at radius 2 is 1.57 bits per heavy atom. The van der Waals surface area contributed by atoms with Gasteiger partial charge in [-0.3, -0.25) is 4.98 Å². The first-order valence-electron chi connectivity index (χ1n) is 7.99. The molecule has 2 heteroatoms. The predicted octanol–water partition coefficient (Wildman–Crippen LogP) is 5.68. The summed E-state index contributed by atoms with van der Waals surface area (Å²) in [4.78, 5) is 7.89. The van der Waals surface area contributed by atoms with Crippen LogP contribution in [-0.4, -0.2) is 9.97 Å². The van der Waals surface area contributed by atoms with E-state index in [1.807, 2.05) is 12.4 Å². The third-order valence-electron chi connectivity index (χ3n) is 4.47. The highest BCUT2D eigenvalue weighted by atomic mass is 14.7. The number of hydrogen-bond donors (Lipinski definition) is 1. The number of rotatable bonds is 1. The monoisotopic (exact) mass is 300 g/mol. The lowest BCUT2D eigenvalue weighted by Crippen LogP contribution is -2.10. The smallest absolute Gasteiger partial charge is 0.0657 e. The van der Waals surface area contributed by atoms with Crippen molar-refractivity contribution in [2.24, 2.45) is 0 Å². The maximum absolute atomic E-state index is 4.42. The second-order valence-electron chi connectivity index (χ2n) is 7.11. The van der Waals surface area contributed by atoms with Crippen LogP contribution >= 0.6 is 0 Å². The summed E-state index contributed by atoms with van der Waals surface area (Å²) < 4.78 is 0. The second kappa shape index (κ2) is 4.95. The minimum absolute atomic E-state index is 0.170. The van der Waals surface area contributed by atoms with Crippen molar-refractivity contribution in [1.29, 1.82) is 0 Å². The van der Waals surface area contributed by atoms with Crippen LogP contribution in [-0.2, 0) is 5.41 Å². The molecule has 0 aliphatic rings. The molecule has 2 aromatic carbocycles. The maximum atomic E-state index is 4.42. The molecule has 4 aromatic rings. The average molecular weight is 300 g/mol. The molecule has 0 fully saturated rings. The molecule has 114 valence electrons. The van der Waals surface area contributed by atoms with Gasteiger partial charge in [-0.25, -0.2) is 0 Å². The first-order chi connectivity index (χ1) is 11.0. The fourth-order valence-corrected chi connectivity index (χ4v) is 3.17. The van der Waals surface area contributed by atoms with Gasteiger partial charge in [0, 0.05) is 28.0 Å². The van der Waals surface area contributed by atoms with Gasteiger partial charge in [-0.05, 0) is 22.6 Å². The van der Waals surface area contributed by atoms with E-state index in [2.05, 4.69) is 79.3 Å². The van der Waals surface area contributed by atoms with Crippen molar-refractivity contribution in [3.8, 4) is 11.1 Å². The number of benzene rings is 2. The SMILES string of the molecule is CC(C)(C)c1ccc(-c2cncc3[nH]c4ccccc4c23)cc1. The molecule has 2 aromatic heterocycles. The molecule has 0 aliphatic carbocycles. The van der Waals surface area contributed by atoms with Gasteiger partial charge in [0.1, 0.15) is 0 Å². The lowest BCUT2D eigenvalue weighted by molar-refractivity contribution is 0.590. The number of nitrogens with zero attached hydrogens (tertiary/aromatic N) is 1. The topological polar surface area (TPSA) is 28.7 Å². The van der Waals surface area contributed by atoms with Crippen molar-refractivity contribution in [1.82, 2.24) is 9.97 Å². The van der Waals surface area contributed by atoms with Crippen LogP contribution in [0.1, 0.15) is 26.3 Å². The first kappa shape index (κ1) is 14.0. The van der Waals surface area contributed by atoms with Gasteiger partial charge in [0.15, 0.2) is 0 Å². The lowest BCUT2D eigenvalue weighted by Gasteiger charge is -2.19. The zero-order chi connectivity index (χ0) is 16.0. The molecule has 2 heterocycles. The van der Waals surface area contributed by atoms with E-state index in [4.69, 9.17) is 0 Å². The van der Waals surface area contributed by atoms with Gasteiger partial charge >= 0.3 is 0 Å². The molecule has 0 atom stereocenters. The van der Waals surface area contributed by atoms with Crippen molar-refractivity contribution in [3.05, 3.63) is 66.5 Å². The fraction of sp³-hybridized carbons (Fsp3) is 0.190. The quantitative estimate of drug-likeness (QED) is 0.481. The molecular weight excluding hydrogens is 280 g/mol. The normalized spacial score (nSPS) is 12.1. The van der Waals surface area contributed by atoms with E-state index in [0.717, 1.165) is 11.0 Å². The first-order valence-corrected chi connectivity index (χ1v) is 7.99. The van der Waals surface area contributed by atoms with Crippen molar-refractivity contribution < 1.29 is 0 Å². The number of aromatic amines is 1. The van der Waals surface area contributed by atoms with Crippen LogP contribution in [0.2, 0.25) is 0 Å². The van der Waals surface area contributed by atoms with Crippen LogP contribution < -0.4 is 0 Å². The van der Waals surface area contributed by atoms with Gasteiger partial charge in [0.05, 0.1) is 11.7 Å². The number of hydrogen-bond acceptors (Lipinski definition) is 1. The van der Waals surface area contributed by atoms with Gasteiger partial charge in [-0.1, -0.05) is 63.2 Å². The van der Waals surface area contributed by atoms with Crippen LogP contribution in [0.25, 0.3) is 32.9 Å². The molecule has 0 amide bonds. The zero-order valence-corrected chi connectivity index (χ0v) is 13.7. The Kier molecular flexibility index (Phi) is 3.02. The second-order valence-corrected chi connectivity index (χ2v) is 7.11. The van der Waals surface area contributed by atoms with Crippen molar-refractivity contribution >= 4 is 21.8 Å². The summed E-state index contributed by atoms with van der Waals surface area (Å²) in [6.45, 7) is 6.72. The highest BCUT2D eigenvalue weighted by Gasteiger charge is 2.14.